The second-order valence-corrected chi connectivity index (χ2v) is 4.24. The molecule has 0 aromatic heterocycles. The molecule has 0 aromatic carbocycles. The molecular weight excluding hydrogens is 192 g/mol. The Bertz CT molecular complexity index is 144. The Hall–Kier alpha value is -0.120. The van der Waals surface area contributed by atoms with Gasteiger partial charge in [-0.05, 0) is 32.1 Å². The van der Waals surface area contributed by atoms with E-state index >= 15 is 0 Å². The fourth-order valence-corrected chi connectivity index (χ4v) is 1.81. The van der Waals surface area contributed by atoms with Crippen LogP contribution in [-0.2, 0) is 9.47 Å². The van der Waals surface area contributed by atoms with Gasteiger partial charge in [0.1, 0.15) is 0 Å². The highest BCUT2D eigenvalue weighted by Gasteiger charge is 2.17. The molecule has 1 saturated heterocycles. The molecule has 0 spiro atoms. The van der Waals surface area contributed by atoms with Crippen LogP contribution in [-0.4, -0.2) is 24.3 Å². The summed E-state index contributed by atoms with van der Waals surface area (Å²) in [7, 11) is 0. The molecule has 1 aliphatic heterocycles. The zero-order chi connectivity index (χ0) is 10.9. The van der Waals surface area contributed by atoms with E-state index < -0.39 is 6.29 Å². The summed E-state index contributed by atoms with van der Waals surface area (Å²) in [5.41, 5.74) is 0. The van der Waals surface area contributed by atoms with Gasteiger partial charge >= 0.3 is 0 Å². The molecule has 0 aliphatic carbocycles. The highest BCUT2D eigenvalue weighted by atomic mass is 16.7. The van der Waals surface area contributed by atoms with Gasteiger partial charge in [0.05, 0.1) is 0 Å². The van der Waals surface area contributed by atoms with E-state index in [0.717, 1.165) is 38.7 Å². The molecule has 3 nitrogen and oxygen atoms in total. The molecule has 1 heterocycles. The summed E-state index contributed by atoms with van der Waals surface area (Å²) in [6.45, 7) is 2.95. The van der Waals surface area contributed by atoms with Gasteiger partial charge in [0, 0.05) is 6.61 Å². The first-order valence-corrected chi connectivity index (χ1v) is 6.28. The third-order valence-electron chi connectivity index (χ3n) is 2.75. The van der Waals surface area contributed by atoms with Crippen molar-refractivity contribution in [2.45, 2.75) is 70.9 Å². The van der Waals surface area contributed by atoms with E-state index in [1.165, 1.54) is 19.3 Å². The SMILES string of the molecule is CCCCCCC(O)OC1CCCCO1. The van der Waals surface area contributed by atoms with Crippen LogP contribution in [0.25, 0.3) is 0 Å². The zero-order valence-electron chi connectivity index (χ0n) is 9.78. The Morgan fingerprint density at radius 2 is 2.20 bits per heavy atom. The van der Waals surface area contributed by atoms with Crippen LogP contribution in [0.2, 0.25) is 0 Å². The Balaban J connectivity index is 1.98. The maximum atomic E-state index is 9.60. The van der Waals surface area contributed by atoms with Crippen molar-refractivity contribution in [3.8, 4) is 0 Å². The monoisotopic (exact) mass is 216 g/mol. The first-order valence-electron chi connectivity index (χ1n) is 6.28. The summed E-state index contributed by atoms with van der Waals surface area (Å²) in [6.07, 6.45) is 7.82. The molecular formula is C12H24O3. The van der Waals surface area contributed by atoms with Crippen molar-refractivity contribution in [1.29, 1.82) is 0 Å². The van der Waals surface area contributed by atoms with Gasteiger partial charge in [-0.15, -0.1) is 0 Å². The average Bonchev–Trinajstić information content (AvgIpc) is 2.26. The fraction of sp³-hybridized carbons (Fsp3) is 1.00. The standard InChI is InChI=1S/C12H24O3/c1-2-3-4-5-8-11(13)15-12-9-6-7-10-14-12/h11-13H,2-10H2,1H3. The van der Waals surface area contributed by atoms with Crippen LogP contribution >= 0.6 is 0 Å². The van der Waals surface area contributed by atoms with Gasteiger partial charge in [-0.25, -0.2) is 0 Å². The van der Waals surface area contributed by atoms with Crippen molar-refractivity contribution < 1.29 is 14.6 Å². The summed E-state index contributed by atoms with van der Waals surface area (Å²) >= 11 is 0. The van der Waals surface area contributed by atoms with E-state index in [-0.39, 0.29) is 6.29 Å². The minimum atomic E-state index is -0.634. The number of rotatable bonds is 7. The lowest BCUT2D eigenvalue weighted by molar-refractivity contribution is -0.241. The van der Waals surface area contributed by atoms with Crippen LogP contribution in [0.3, 0.4) is 0 Å². The molecule has 15 heavy (non-hydrogen) atoms. The number of unbranched alkanes of at least 4 members (excludes halogenated alkanes) is 3. The van der Waals surface area contributed by atoms with Gasteiger partial charge in [-0.2, -0.15) is 0 Å². The largest absolute Gasteiger partial charge is 0.368 e. The van der Waals surface area contributed by atoms with Gasteiger partial charge < -0.3 is 14.6 Å². The van der Waals surface area contributed by atoms with Crippen LogP contribution in [0, 0.1) is 0 Å². The molecule has 90 valence electrons. The maximum Gasteiger partial charge on any atom is 0.160 e. The first-order chi connectivity index (χ1) is 7.33. The molecule has 3 heteroatoms. The van der Waals surface area contributed by atoms with Crippen molar-refractivity contribution in [1.82, 2.24) is 0 Å². The minimum absolute atomic E-state index is 0.167. The normalized spacial score (nSPS) is 24.0. The summed E-state index contributed by atoms with van der Waals surface area (Å²) in [5, 5.41) is 9.60. The third-order valence-corrected chi connectivity index (χ3v) is 2.75. The lowest BCUT2D eigenvalue weighted by atomic mass is 10.1. The van der Waals surface area contributed by atoms with Crippen LogP contribution in [0.5, 0.6) is 0 Å². The molecule has 0 aromatic rings. The van der Waals surface area contributed by atoms with E-state index in [1.807, 2.05) is 0 Å². The van der Waals surface area contributed by atoms with Gasteiger partial charge in [-0.1, -0.05) is 26.2 Å². The third kappa shape index (κ3) is 6.13. The van der Waals surface area contributed by atoms with Gasteiger partial charge in [0.25, 0.3) is 0 Å². The van der Waals surface area contributed by atoms with E-state index in [9.17, 15) is 5.11 Å². The van der Waals surface area contributed by atoms with Crippen LogP contribution in [0.15, 0.2) is 0 Å². The van der Waals surface area contributed by atoms with Gasteiger partial charge in [0.2, 0.25) is 0 Å². The fourth-order valence-electron chi connectivity index (χ4n) is 1.81. The van der Waals surface area contributed by atoms with E-state index in [2.05, 4.69) is 6.92 Å². The zero-order valence-corrected chi connectivity index (χ0v) is 9.78. The molecule has 1 aliphatic rings. The molecule has 0 saturated carbocycles. The molecule has 2 atom stereocenters. The Kier molecular flexibility index (Phi) is 6.98. The molecule has 1 N–H and O–H groups in total. The van der Waals surface area contributed by atoms with Crippen molar-refractivity contribution in [3.63, 3.8) is 0 Å². The second-order valence-electron chi connectivity index (χ2n) is 4.24. The highest BCUT2D eigenvalue weighted by molar-refractivity contribution is 4.55. The molecule has 2 unspecified atom stereocenters. The number of aliphatic hydroxyl groups is 1. The van der Waals surface area contributed by atoms with Crippen molar-refractivity contribution in [2.24, 2.45) is 0 Å². The van der Waals surface area contributed by atoms with Crippen molar-refractivity contribution in [3.05, 3.63) is 0 Å². The molecule has 0 bridgehead atoms. The molecule has 0 radical (unpaired) electrons. The summed E-state index contributed by atoms with van der Waals surface area (Å²) < 4.78 is 10.8. The first kappa shape index (κ1) is 12.9. The summed E-state index contributed by atoms with van der Waals surface area (Å²) in [6, 6.07) is 0. The van der Waals surface area contributed by atoms with Gasteiger partial charge in [0.15, 0.2) is 12.6 Å². The number of aliphatic hydroxyl groups excluding tert-OH is 1. The molecule has 1 rings (SSSR count). The summed E-state index contributed by atoms with van der Waals surface area (Å²) in [4.78, 5) is 0. The minimum Gasteiger partial charge on any atom is -0.368 e. The van der Waals surface area contributed by atoms with E-state index in [4.69, 9.17) is 9.47 Å². The van der Waals surface area contributed by atoms with Crippen molar-refractivity contribution in [2.75, 3.05) is 6.61 Å². The van der Waals surface area contributed by atoms with Crippen LogP contribution in [0.1, 0.15) is 58.3 Å². The quantitative estimate of drug-likeness (QED) is 0.525. The second kappa shape index (κ2) is 8.08. The number of hydrogen-bond donors (Lipinski definition) is 1. The predicted octanol–water partition coefficient (Wildman–Crippen LogP) is 2.82. The van der Waals surface area contributed by atoms with Gasteiger partial charge in [-0.3, -0.25) is 0 Å². The average molecular weight is 216 g/mol. The Morgan fingerprint density at radius 3 is 2.87 bits per heavy atom. The summed E-state index contributed by atoms with van der Waals surface area (Å²) in [5.74, 6) is 0. The highest BCUT2D eigenvalue weighted by Crippen LogP contribution is 2.16. The van der Waals surface area contributed by atoms with Crippen molar-refractivity contribution >= 4 is 0 Å². The number of hydrogen-bond acceptors (Lipinski definition) is 3. The Labute approximate surface area is 92.8 Å². The maximum absolute atomic E-state index is 9.60. The Morgan fingerprint density at radius 1 is 1.33 bits per heavy atom. The predicted molar refractivity (Wildman–Crippen MR) is 59.4 cm³/mol. The topological polar surface area (TPSA) is 38.7 Å². The lowest BCUT2D eigenvalue weighted by Gasteiger charge is -2.25. The molecule has 1 fully saturated rings. The number of ether oxygens (including phenoxy) is 2. The lowest BCUT2D eigenvalue weighted by Crippen LogP contribution is -2.27. The van der Waals surface area contributed by atoms with Crippen LogP contribution < -0.4 is 0 Å². The smallest absolute Gasteiger partial charge is 0.160 e. The van der Waals surface area contributed by atoms with E-state index in [1.54, 1.807) is 0 Å². The van der Waals surface area contributed by atoms with Crippen LogP contribution in [0.4, 0.5) is 0 Å². The molecule has 0 amide bonds. The van der Waals surface area contributed by atoms with E-state index in [0.29, 0.717) is 0 Å².